The molecule has 4 aromatic rings. The number of thiophene rings is 1. The summed E-state index contributed by atoms with van der Waals surface area (Å²) in [5.41, 5.74) is 2.82. The summed E-state index contributed by atoms with van der Waals surface area (Å²) in [5.74, 6) is 1.40. The van der Waals surface area contributed by atoms with Gasteiger partial charge in [0.25, 0.3) is 5.91 Å². The van der Waals surface area contributed by atoms with Gasteiger partial charge in [0, 0.05) is 6.42 Å². The van der Waals surface area contributed by atoms with E-state index >= 15 is 0 Å². The van der Waals surface area contributed by atoms with E-state index in [9.17, 15) is 4.79 Å². The predicted molar refractivity (Wildman–Crippen MR) is 101 cm³/mol. The van der Waals surface area contributed by atoms with Crippen molar-refractivity contribution < 1.29 is 9.21 Å². The maximum Gasteiger partial charge on any atom is 0.289 e. The van der Waals surface area contributed by atoms with Gasteiger partial charge in [0.15, 0.2) is 0 Å². The SMILES string of the molecule is Cc1ccc(CNC(=O)c2nc(Cc3ccccc3)c3sccc3n2)o1. The molecule has 0 unspecified atom stereocenters. The number of carbonyl (C=O) groups excluding carboxylic acids is 1. The minimum Gasteiger partial charge on any atom is -0.465 e. The lowest BCUT2D eigenvalue weighted by Gasteiger charge is -2.07. The first-order valence-electron chi connectivity index (χ1n) is 8.30. The average molecular weight is 363 g/mol. The summed E-state index contributed by atoms with van der Waals surface area (Å²) in [6.45, 7) is 2.18. The van der Waals surface area contributed by atoms with Crippen LogP contribution in [0.3, 0.4) is 0 Å². The molecule has 0 aliphatic carbocycles. The van der Waals surface area contributed by atoms with Crippen molar-refractivity contribution >= 4 is 27.5 Å². The number of benzene rings is 1. The van der Waals surface area contributed by atoms with Crippen LogP contribution in [0, 0.1) is 6.92 Å². The summed E-state index contributed by atoms with van der Waals surface area (Å²) in [6, 6.07) is 15.7. The molecule has 0 fully saturated rings. The standard InChI is InChI=1S/C20H17N3O2S/c1-13-7-8-15(25-13)12-21-20(24)19-22-16-9-10-26-18(16)17(23-19)11-14-5-3-2-4-6-14/h2-10H,11-12H2,1H3,(H,21,24). The quantitative estimate of drug-likeness (QED) is 0.579. The maximum atomic E-state index is 12.5. The minimum absolute atomic E-state index is 0.185. The Morgan fingerprint density at radius 3 is 2.73 bits per heavy atom. The summed E-state index contributed by atoms with van der Waals surface area (Å²) >= 11 is 1.59. The van der Waals surface area contributed by atoms with Gasteiger partial charge in [-0.25, -0.2) is 9.97 Å². The summed E-state index contributed by atoms with van der Waals surface area (Å²) in [4.78, 5) is 21.5. The van der Waals surface area contributed by atoms with Crippen molar-refractivity contribution in [2.75, 3.05) is 0 Å². The zero-order valence-electron chi connectivity index (χ0n) is 14.2. The number of nitrogens with zero attached hydrogens (tertiary/aromatic N) is 2. The maximum absolute atomic E-state index is 12.5. The van der Waals surface area contributed by atoms with Crippen LogP contribution in [0.1, 0.15) is 33.4 Å². The molecule has 0 radical (unpaired) electrons. The lowest BCUT2D eigenvalue weighted by atomic mass is 10.1. The summed E-state index contributed by atoms with van der Waals surface area (Å²) in [7, 11) is 0. The molecule has 0 bridgehead atoms. The van der Waals surface area contributed by atoms with Crippen LogP contribution in [0.2, 0.25) is 0 Å². The molecule has 0 saturated carbocycles. The second kappa shape index (κ2) is 7.09. The second-order valence-corrected chi connectivity index (χ2v) is 6.90. The smallest absolute Gasteiger partial charge is 0.289 e. The van der Waals surface area contributed by atoms with Crippen LogP contribution in [0.5, 0.6) is 0 Å². The van der Waals surface area contributed by atoms with Crippen LogP contribution in [-0.2, 0) is 13.0 Å². The molecule has 0 aliphatic heterocycles. The Balaban J connectivity index is 1.59. The summed E-state index contributed by atoms with van der Waals surface area (Å²) < 4.78 is 6.50. The molecule has 1 N–H and O–H groups in total. The van der Waals surface area contributed by atoms with Crippen molar-refractivity contribution in [1.82, 2.24) is 15.3 Å². The van der Waals surface area contributed by atoms with Crippen molar-refractivity contribution in [2.24, 2.45) is 0 Å². The van der Waals surface area contributed by atoms with Gasteiger partial charge in [0.2, 0.25) is 5.82 Å². The van der Waals surface area contributed by atoms with Crippen molar-refractivity contribution in [1.29, 1.82) is 0 Å². The van der Waals surface area contributed by atoms with E-state index in [1.165, 1.54) is 0 Å². The van der Waals surface area contributed by atoms with Gasteiger partial charge in [-0.15, -0.1) is 11.3 Å². The molecular formula is C20H17N3O2S. The van der Waals surface area contributed by atoms with Crippen molar-refractivity contribution in [3.63, 3.8) is 0 Å². The van der Waals surface area contributed by atoms with Crippen LogP contribution in [0.15, 0.2) is 58.3 Å². The largest absolute Gasteiger partial charge is 0.465 e. The number of amides is 1. The van der Waals surface area contributed by atoms with Crippen LogP contribution in [0.4, 0.5) is 0 Å². The van der Waals surface area contributed by atoms with Gasteiger partial charge in [-0.2, -0.15) is 0 Å². The van der Waals surface area contributed by atoms with Crippen LogP contribution < -0.4 is 5.32 Å². The number of hydrogen-bond acceptors (Lipinski definition) is 5. The lowest BCUT2D eigenvalue weighted by Crippen LogP contribution is -2.25. The highest BCUT2D eigenvalue weighted by Crippen LogP contribution is 2.24. The molecule has 26 heavy (non-hydrogen) atoms. The first-order valence-corrected chi connectivity index (χ1v) is 9.18. The van der Waals surface area contributed by atoms with Gasteiger partial charge in [0.05, 0.1) is 22.5 Å². The van der Waals surface area contributed by atoms with Crippen LogP contribution in [-0.4, -0.2) is 15.9 Å². The molecule has 0 atom stereocenters. The average Bonchev–Trinajstić information content (AvgIpc) is 3.29. The minimum atomic E-state index is -0.304. The molecule has 0 spiro atoms. The molecule has 130 valence electrons. The van der Waals surface area contributed by atoms with E-state index in [0.717, 1.165) is 27.2 Å². The van der Waals surface area contributed by atoms with Gasteiger partial charge in [-0.1, -0.05) is 30.3 Å². The van der Waals surface area contributed by atoms with Gasteiger partial charge in [0.1, 0.15) is 11.5 Å². The topological polar surface area (TPSA) is 68.0 Å². The van der Waals surface area contributed by atoms with Crippen molar-refractivity contribution in [3.8, 4) is 0 Å². The molecular weight excluding hydrogens is 346 g/mol. The molecule has 5 nitrogen and oxygen atoms in total. The Morgan fingerprint density at radius 1 is 1.12 bits per heavy atom. The first-order chi connectivity index (χ1) is 12.7. The third-order valence-corrected chi connectivity index (χ3v) is 4.96. The Bertz CT molecular complexity index is 1050. The predicted octanol–water partition coefficient (Wildman–Crippen LogP) is 4.11. The fourth-order valence-corrected chi connectivity index (χ4v) is 3.58. The zero-order valence-corrected chi connectivity index (χ0v) is 15.0. The molecule has 1 amide bonds. The Kier molecular flexibility index (Phi) is 4.50. The molecule has 1 aromatic carbocycles. The van der Waals surface area contributed by atoms with Crippen LogP contribution in [0.25, 0.3) is 10.2 Å². The van der Waals surface area contributed by atoms with E-state index in [1.807, 2.05) is 48.7 Å². The highest BCUT2D eigenvalue weighted by atomic mass is 32.1. The monoisotopic (exact) mass is 363 g/mol. The second-order valence-electron chi connectivity index (χ2n) is 5.99. The van der Waals surface area contributed by atoms with E-state index in [1.54, 1.807) is 11.3 Å². The van der Waals surface area contributed by atoms with Gasteiger partial charge >= 0.3 is 0 Å². The fraction of sp³-hybridized carbons (Fsp3) is 0.150. The number of nitrogens with one attached hydrogen (secondary N) is 1. The van der Waals surface area contributed by atoms with Gasteiger partial charge < -0.3 is 9.73 Å². The van der Waals surface area contributed by atoms with Crippen LogP contribution >= 0.6 is 11.3 Å². The third-order valence-electron chi connectivity index (χ3n) is 4.01. The summed E-state index contributed by atoms with van der Waals surface area (Å²) in [5, 5.41) is 4.80. The number of carbonyl (C=O) groups is 1. The molecule has 3 heterocycles. The Morgan fingerprint density at radius 2 is 1.96 bits per heavy atom. The van der Waals surface area contributed by atoms with E-state index in [2.05, 4.69) is 27.4 Å². The highest BCUT2D eigenvalue weighted by molar-refractivity contribution is 7.17. The third kappa shape index (κ3) is 3.50. The number of furan rings is 1. The van der Waals surface area contributed by atoms with E-state index in [-0.39, 0.29) is 11.7 Å². The molecule has 6 heteroatoms. The van der Waals surface area contributed by atoms with Crippen molar-refractivity contribution in [2.45, 2.75) is 19.9 Å². The van der Waals surface area contributed by atoms with Gasteiger partial charge in [-0.05, 0) is 36.1 Å². The van der Waals surface area contributed by atoms with Gasteiger partial charge in [-0.3, -0.25) is 4.79 Å². The highest BCUT2D eigenvalue weighted by Gasteiger charge is 2.15. The molecule has 0 saturated heterocycles. The normalized spacial score (nSPS) is 11.0. The number of fused-ring (bicyclic) bond motifs is 1. The molecule has 0 aliphatic rings. The number of aryl methyl sites for hydroxylation is 1. The Labute approximate surface area is 154 Å². The van der Waals surface area contributed by atoms with E-state index in [0.29, 0.717) is 18.7 Å². The van der Waals surface area contributed by atoms with Crippen molar-refractivity contribution in [3.05, 3.63) is 82.5 Å². The first kappa shape index (κ1) is 16.5. The number of aromatic nitrogens is 2. The number of hydrogen-bond donors (Lipinski definition) is 1. The Hall–Kier alpha value is -2.99. The van der Waals surface area contributed by atoms with E-state index in [4.69, 9.17) is 4.42 Å². The lowest BCUT2D eigenvalue weighted by molar-refractivity contribution is 0.0937. The summed E-state index contributed by atoms with van der Waals surface area (Å²) in [6.07, 6.45) is 0.665. The number of rotatable bonds is 5. The molecule has 3 aromatic heterocycles. The fourth-order valence-electron chi connectivity index (χ4n) is 2.76. The van der Waals surface area contributed by atoms with E-state index < -0.39 is 0 Å². The molecule has 4 rings (SSSR count). The zero-order chi connectivity index (χ0) is 17.9.